The molecule has 1 N–H and O–H groups in total. The molecule has 0 saturated carbocycles. The van der Waals surface area contributed by atoms with Gasteiger partial charge in [-0.2, -0.15) is 0 Å². The van der Waals surface area contributed by atoms with Gasteiger partial charge in [0, 0.05) is 6.04 Å². The third kappa shape index (κ3) is 5.06. The molecule has 6 heteroatoms. The summed E-state index contributed by atoms with van der Waals surface area (Å²) < 4.78 is 23.1. The molecule has 5 nitrogen and oxygen atoms in total. The van der Waals surface area contributed by atoms with E-state index in [1.165, 1.54) is 19.2 Å². The summed E-state index contributed by atoms with van der Waals surface area (Å²) in [6.07, 6.45) is 1.61. The molecule has 1 aromatic carbocycles. The molecule has 0 aromatic heterocycles. The molecule has 21 heavy (non-hydrogen) atoms. The molecule has 0 fully saturated rings. The van der Waals surface area contributed by atoms with Gasteiger partial charge in [0.25, 0.3) is 5.91 Å². The van der Waals surface area contributed by atoms with Gasteiger partial charge in [0.2, 0.25) is 0 Å². The summed E-state index contributed by atoms with van der Waals surface area (Å²) in [4.78, 5) is 23.3. The monoisotopic (exact) mass is 297 g/mol. The number of methoxy groups -OCH3 is 1. The third-order valence-electron chi connectivity index (χ3n) is 3.07. The van der Waals surface area contributed by atoms with Gasteiger partial charge < -0.3 is 14.8 Å². The van der Waals surface area contributed by atoms with Crippen LogP contribution in [0.15, 0.2) is 18.2 Å². The van der Waals surface area contributed by atoms with E-state index in [9.17, 15) is 14.0 Å². The number of benzene rings is 1. The molecule has 116 valence electrons. The molecule has 0 aliphatic rings. The van der Waals surface area contributed by atoms with Crippen molar-refractivity contribution in [3.05, 3.63) is 29.6 Å². The van der Waals surface area contributed by atoms with E-state index in [0.29, 0.717) is 0 Å². The molecule has 0 heterocycles. The van der Waals surface area contributed by atoms with Crippen LogP contribution in [0.4, 0.5) is 4.39 Å². The van der Waals surface area contributed by atoms with Crippen molar-refractivity contribution >= 4 is 11.9 Å². The first-order valence-electron chi connectivity index (χ1n) is 6.81. The second-order valence-corrected chi connectivity index (χ2v) is 4.51. The average Bonchev–Trinajstić information content (AvgIpc) is 2.50. The maximum atomic E-state index is 13.5. The minimum absolute atomic E-state index is 0.0311. The molecule has 0 aliphatic carbocycles. The highest BCUT2D eigenvalue weighted by atomic mass is 19.1. The molecular weight excluding hydrogens is 277 g/mol. The molecule has 0 radical (unpaired) electrons. The number of ether oxygens (including phenoxy) is 2. The predicted molar refractivity (Wildman–Crippen MR) is 75.7 cm³/mol. The Kier molecular flexibility index (Phi) is 6.65. The lowest BCUT2D eigenvalue weighted by Crippen LogP contribution is -2.36. The number of nitrogens with one attached hydrogen (secondary N) is 1. The van der Waals surface area contributed by atoms with Crippen LogP contribution in [-0.4, -0.2) is 31.6 Å². The first kappa shape index (κ1) is 16.9. The molecule has 1 amide bonds. The summed E-state index contributed by atoms with van der Waals surface area (Å²) >= 11 is 0. The van der Waals surface area contributed by atoms with E-state index in [-0.39, 0.29) is 29.9 Å². The van der Waals surface area contributed by atoms with E-state index in [2.05, 4.69) is 5.32 Å². The van der Waals surface area contributed by atoms with Crippen LogP contribution in [0.3, 0.4) is 0 Å². The Morgan fingerprint density at radius 3 is 2.48 bits per heavy atom. The minimum Gasteiger partial charge on any atom is -0.494 e. The number of esters is 1. The predicted octanol–water partition coefficient (Wildman–Crippen LogP) is 2.30. The van der Waals surface area contributed by atoms with Crippen molar-refractivity contribution in [1.82, 2.24) is 5.32 Å². The van der Waals surface area contributed by atoms with Gasteiger partial charge in [-0.1, -0.05) is 13.8 Å². The number of carbonyl (C=O) groups excluding carboxylic acids is 2. The van der Waals surface area contributed by atoms with Crippen LogP contribution >= 0.6 is 0 Å². The Balaban J connectivity index is 2.54. The van der Waals surface area contributed by atoms with E-state index < -0.39 is 11.8 Å². The van der Waals surface area contributed by atoms with Crippen molar-refractivity contribution < 1.29 is 23.5 Å². The Morgan fingerprint density at radius 1 is 1.29 bits per heavy atom. The summed E-state index contributed by atoms with van der Waals surface area (Å²) in [5.74, 6) is -1.74. The lowest BCUT2D eigenvalue weighted by atomic mass is 10.2. The summed E-state index contributed by atoms with van der Waals surface area (Å²) in [7, 11) is 1.33. The van der Waals surface area contributed by atoms with Crippen LogP contribution in [0.2, 0.25) is 0 Å². The molecule has 1 rings (SSSR count). The smallest absolute Gasteiger partial charge is 0.338 e. The van der Waals surface area contributed by atoms with Crippen LogP contribution in [0.25, 0.3) is 0 Å². The SMILES string of the molecule is CCC(CC)NC(=O)COC(=O)c1ccc(OC)c(F)c1. The van der Waals surface area contributed by atoms with Crippen molar-refractivity contribution in [2.24, 2.45) is 0 Å². The van der Waals surface area contributed by atoms with Crippen LogP contribution in [0, 0.1) is 5.82 Å². The standard InChI is InChI=1S/C15H20FNO4/c1-4-11(5-2)17-14(18)9-21-15(19)10-6-7-13(20-3)12(16)8-10/h6-8,11H,4-5,9H2,1-3H3,(H,17,18). The van der Waals surface area contributed by atoms with E-state index in [1.54, 1.807) is 0 Å². The van der Waals surface area contributed by atoms with Gasteiger partial charge in [-0.3, -0.25) is 4.79 Å². The Bertz CT molecular complexity index is 500. The van der Waals surface area contributed by atoms with E-state index >= 15 is 0 Å². The molecule has 1 aromatic rings. The second-order valence-electron chi connectivity index (χ2n) is 4.51. The normalized spacial score (nSPS) is 10.3. The summed E-state index contributed by atoms with van der Waals surface area (Å²) in [6, 6.07) is 3.79. The summed E-state index contributed by atoms with van der Waals surface area (Å²) in [5.41, 5.74) is 0.0311. The zero-order chi connectivity index (χ0) is 15.8. The highest BCUT2D eigenvalue weighted by Crippen LogP contribution is 2.18. The van der Waals surface area contributed by atoms with E-state index in [1.807, 2.05) is 13.8 Å². The number of hydrogen-bond acceptors (Lipinski definition) is 4. The van der Waals surface area contributed by atoms with Gasteiger partial charge >= 0.3 is 5.97 Å². The zero-order valence-corrected chi connectivity index (χ0v) is 12.4. The van der Waals surface area contributed by atoms with E-state index in [4.69, 9.17) is 9.47 Å². The molecule has 0 saturated heterocycles. The Morgan fingerprint density at radius 2 is 1.95 bits per heavy atom. The number of rotatable bonds is 7. The van der Waals surface area contributed by atoms with Gasteiger partial charge in [-0.25, -0.2) is 9.18 Å². The van der Waals surface area contributed by atoms with E-state index in [0.717, 1.165) is 18.9 Å². The number of carbonyl (C=O) groups is 2. The van der Waals surface area contributed by atoms with Crippen molar-refractivity contribution in [2.75, 3.05) is 13.7 Å². The second kappa shape index (κ2) is 8.24. The molecular formula is C15H20FNO4. The maximum Gasteiger partial charge on any atom is 0.338 e. The molecule has 0 aliphatic heterocycles. The van der Waals surface area contributed by atoms with Crippen LogP contribution in [0.1, 0.15) is 37.0 Å². The fourth-order valence-corrected chi connectivity index (χ4v) is 1.77. The first-order valence-corrected chi connectivity index (χ1v) is 6.81. The highest BCUT2D eigenvalue weighted by Gasteiger charge is 2.14. The molecule has 0 spiro atoms. The van der Waals surface area contributed by atoms with Crippen LogP contribution in [0.5, 0.6) is 5.75 Å². The number of hydrogen-bond donors (Lipinski definition) is 1. The summed E-state index contributed by atoms with van der Waals surface area (Å²) in [5, 5.41) is 2.74. The fourth-order valence-electron chi connectivity index (χ4n) is 1.77. The highest BCUT2D eigenvalue weighted by molar-refractivity contribution is 5.91. The minimum atomic E-state index is -0.753. The van der Waals surface area contributed by atoms with Gasteiger partial charge in [0.1, 0.15) is 0 Å². The number of halogens is 1. The largest absolute Gasteiger partial charge is 0.494 e. The quantitative estimate of drug-likeness (QED) is 0.784. The molecule has 0 unspecified atom stereocenters. The topological polar surface area (TPSA) is 64.6 Å². The van der Waals surface area contributed by atoms with Gasteiger partial charge in [-0.15, -0.1) is 0 Å². The zero-order valence-electron chi connectivity index (χ0n) is 12.4. The molecule has 0 atom stereocenters. The van der Waals surface area contributed by atoms with Crippen molar-refractivity contribution in [3.63, 3.8) is 0 Å². The van der Waals surface area contributed by atoms with Crippen LogP contribution < -0.4 is 10.1 Å². The average molecular weight is 297 g/mol. The van der Waals surface area contributed by atoms with Gasteiger partial charge in [0.15, 0.2) is 18.2 Å². The molecule has 0 bridgehead atoms. The first-order chi connectivity index (χ1) is 10.0. The number of amides is 1. The lowest BCUT2D eigenvalue weighted by Gasteiger charge is -2.14. The van der Waals surface area contributed by atoms with Crippen molar-refractivity contribution in [2.45, 2.75) is 32.7 Å². The van der Waals surface area contributed by atoms with Gasteiger partial charge in [-0.05, 0) is 31.0 Å². The van der Waals surface area contributed by atoms with Crippen molar-refractivity contribution in [3.8, 4) is 5.75 Å². The third-order valence-corrected chi connectivity index (χ3v) is 3.07. The Hall–Kier alpha value is -2.11. The van der Waals surface area contributed by atoms with Crippen molar-refractivity contribution in [1.29, 1.82) is 0 Å². The maximum absolute atomic E-state index is 13.5. The Labute approximate surface area is 123 Å². The van der Waals surface area contributed by atoms with Gasteiger partial charge in [0.05, 0.1) is 12.7 Å². The lowest BCUT2D eigenvalue weighted by molar-refractivity contribution is -0.125. The summed E-state index contributed by atoms with van der Waals surface area (Å²) in [6.45, 7) is 3.53. The van der Waals surface area contributed by atoms with Crippen LogP contribution in [-0.2, 0) is 9.53 Å². The fraction of sp³-hybridized carbons (Fsp3) is 0.467.